The number of nitrogens with zero attached hydrogens (tertiary/aromatic N) is 4. The van der Waals surface area contributed by atoms with Crippen LogP contribution in [0, 0.1) is 0 Å². The van der Waals surface area contributed by atoms with Crippen LogP contribution in [-0.2, 0) is 0 Å². The van der Waals surface area contributed by atoms with Crippen molar-refractivity contribution in [3.05, 3.63) is 158 Å². The molecule has 0 N–H and O–H groups in total. The summed E-state index contributed by atoms with van der Waals surface area (Å²) in [6.45, 7) is 0. The van der Waals surface area contributed by atoms with Crippen molar-refractivity contribution in [3.63, 3.8) is 0 Å². The van der Waals surface area contributed by atoms with Crippen molar-refractivity contribution in [2.75, 3.05) is 0 Å². The molecule has 0 amide bonds. The fourth-order valence-corrected chi connectivity index (χ4v) is 6.69. The standard InChI is InChI=1S/C40H26N4/c1-2-13-29(14-3-1)43-37-20-6-4-16-31(37)33-22-23-34-32-17-5-7-21-38(32)44(40(34)39(33)43)30-15-8-11-27(25-30)35-18-9-19-36(42-35)28-12-10-24-41-26-28/h1-26H. The van der Waals surface area contributed by atoms with Gasteiger partial charge in [0.2, 0.25) is 0 Å². The largest absolute Gasteiger partial charge is 0.307 e. The van der Waals surface area contributed by atoms with Crippen molar-refractivity contribution in [1.82, 2.24) is 19.1 Å². The van der Waals surface area contributed by atoms with Crippen LogP contribution in [0.5, 0.6) is 0 Å². The van der Waals surface area contributed by atoms with E-state index in [0.29, 0.717) is 0 Å². The van der Waals surface area contributed by atoms with Gasteiger partial charge in [-0.3, -0.25) is 4.98 Å². The number of fused-ring (bicyclic) bond motifs is 7. The van der Waals surface area contributed by atoms with E-state index in [1.54, 1.807) is 6.20 Å². The van der Waals surface area contributed by atoms with Gasteiger partial charge in [0.25, 0.3) is 0 Å². The third kappa shape index (κ3) is 3.71. The Balaban J connectivity index is 1.36. The van der Waals surface area contributed by atoms with E-state index in [1.165, 1.54) is 43.6 Å². The van der Waals surface area contributed by atoms with Gasteiger partial charge >= 0.3 is 0 Å². The molecule has 0 bridgehead atoms. The van der Waals surface area contributed by atoms with Crippen molar-refractivity contribution in [3.8, 4) is 33.9 Å². The highest BCUT2D eigenvalue weighted by Crippen LogP contribution is 2.41. The molecule has 0 unspecified atom stereocenters. The Morgan fingerprint density at radius 3 is 1.66 bits per heavy atom. The number of rotatable bonds is 4. The number of benzene rings is 5. The summed E-state index contributed by atoms with van der Waals surface area (Å²) in [4.78, 5) is 9.33. The van der Waals surface area contributed by atoms with Gasteiger partial charge in [-0.15, -0.1) is 0 Å². The molecule has 0 atom stereocenters. The van der Waals surface area contributed by atoms with Crippen LogP contribution in [0.1, 0.15) is 0 Å². The minimum Gasteiger partial charge on any atom is -0.307 e. The van der Waals surface area contributed by atoms with Crippen molar-refractivity contribution < 1.29 is 0 Å². The highest BCUT2D eigenvalue weighted by Gasteiger charge is 2.21. The van der Waals surface area contributed by atoms with Crippen LogP contribution in [0.2, 0.25) is 0 Å². The highest BCUT2D eigenvalue weighted by molar-refractivity contribution is 6.23. The maximum atomic E-state index is 5.04. The van der Waals surface area contributed by atoms with Gasteiger partial charge in [-0.1, -0.05) is 84.9 Å². The molecule has 5 aromatic carbocycles. The smallest absolute Gasteiger partial charge is 0.0788 e. The molecule has 0 saturated heterocycles. The van der Waals surface area contributed by atoms with E-state index in [-0.39, 0.29) is 0 Å². The molecule has 4 heteroatoms. The molecular formula is C40H26N4. The van der Waals surface area contributed by atoms with E-state index < -0.39 is 0 Å². The lowest BCUT2D eigenvalue weighted by molar-refractivity contribution is 1.15. The Hall–Kier alpha value is -6.00. The summed E-state index contributed by atoms with van der Waals surface area (Å²) in [5, 5.41) is 4.95. The molecule has 0 radical (unpaired) electrons. The normalized spacial score (nSPS) is 11.6. The lowest BCUT2D eigenvalue weighted by Crippen LogP contribution is -1.99. The molecule has 9 aromatic rings. The fourth-order valence-electron chi connectivity index (χ4n) is 6.69. The van der Waals surface area contributed by atoms with Gasteiger partial charge in [-0.25, -0.2) is 4.98 Å². The maximum Gasteiger partial charge on any atom is 0.0788 e. The number of hydrogen-bond acceptors (Lipinski definition) is 2. The van der Waals surface area contributed by atoms with Crippen LogP contribution >= 0.6 is 0 Å². The molecule has 0 fully saturated rings. The zero-order valence-corrected chi connectivity index (χ0v) is 23.8. The first kappa shape index (κ1) is 24.6. The average Bonchev–Trinajstić information content (AvgIpc) is 3.62. The Morgan fingerprint density at radius 1 is 0.409 bits per heavy atom. The van der Waals surface area contributed by atoms with Crippen LogP contribution < -0.4 is 0 Å². The van der Waals surface area contributed by atoms with Gasteiger partial charge in [-0.2, -0.15) is 0 Å². The minimum absolute atomic E-state index is 0.909. The van der Waals surface area contributed by atoms with E-state index in [1.807, 2.05) is 24.4 Å². The first-order valence-electron chi connectivity index (χ1n) is 14.8. The molecule has 4 aromatic heterocycles. The van der Waals surface area contributed by atoms with Crippen LogP contribution in [0.15, 0.2) is 158 Å². The van der Waals surface area contributed by atoms with Gasteiger partial charge in [0.1, 0.15) is 0 Å². The van der Waals surface area contributed by atoms with Gasteiger partial charge in [0, 0.05) is 56.4 Å². The van der Waals surface area contributed by atoms with Gasteiger partial charge in [0.05, 0.1) is 33.5 Å². The third-order valence-electron chi connectivity index (χ3n) is 8.59. The van der Waals surface area contributed by atoms with E-state index in [0.717, 1.165) is 33.9 Å². The van der Waals surface area contributed by atoms with Crippen molar-refractivity contribution in [1.29, 1.82) is 0 Å². The van der Waals surface area contributed by atoms with Gasteiger partial charge < -0.3 is 9.13 Å². The average molecular weight is 563 g/mol. The first-order valence-corrected chi connectivity index (χ1v) is 14.8. The molecule has 206 valence electrons. The summed E-state index contributed by atoms with van der Waals surface area (Å²) in [6, 6.07) is 51.6. The van der Waals surface area contributed by atoms with Crippen LogP contribution in [-0.4, -0.2) is 19.1 Å². The van der Waals surface area contributed by atoms with E-state index in [4.69, 9.17) is 4.98 Å². The van der Waals surface area contributed by atoms with Crippen LogP contribution in [0.25, 0.3) is 77.5 Å². The molecule has 44 heavy (non-hydrogen) atoms. The molecule has 0 aliphatic carbocycles. The zero-order valence-electron chi connectivity index (χ0n) is 23.8. The summed E-state index contributed by atoms with van der Waals surface area (Å²) in [5.41, 5.74) is 10.9. The predicted octanol–water partition coefficient (Wildman–Crippen LogP) is 10.0. The minimum atomic E-state index is 0.909. The third-order valence-corrected chi connectivity index (χ3v) is 8.59. The van der Waals surface area contributed by atoms with Crippen molar-refractivity contribution >= 4 is 43.6 Å². The fraction of sp³-hybridized carbons (Fsp3) is 0. The zero-order chi connectivity index (χ0) is 29.0. The van der Waals surface area contributed by atoms with Gasteiger partial charge in [-0.05, 0) is 60.7 Å². The molecule has 4 nitrogen and oxygen atoms in total. The second-order valence-corrected chi connectivity index (χ2v) is 11.1. The molecule has 0 aliphatic heterocycles. The molecule has 0 aliphatic rings. The number of hydrogen-bond donors (Lipinski definition) is 0. The summed E-state index contributed by atoms with van der Waals surface area (Å²) >= 11 is 0. The summed E-state index contributed by atoms with van der Waals surface area (Å²) in [6.07, 6.45) is 3.65. The Bertz CT molecular complexity index is 2490. The molecule has 4 heterocycles. The van der Waals surface area contributed by atoms with Crippen LogP contribution in [0.3, 0.4) is 0 Å². The summed E-state index contributed by atoms with van der Waals surface area (Å²) in [7, 11) is 0. The second-order valence-electron chi connectivity index (χ2n) is 11.1. The summed E-state index contributed by atoms with van der Waals surface area (Å²) < 4.78 is 4.85. The van der Waals surface area contributed by atoms with Gasteiger partial charge in [0.15, 0.2) is 0 Å². The Labute approximate surface area is 254 Å². The molecular weight excluding hydrogens is 536 g/mol. The van der Waals surface area contributed by atoms with Crippen LogP contribution in [0.4, 0.5) is 0 Å². The van der Waals surface area contributed by atoms with E-state index >= 15 is 0 Å². The maximum absolute atomic E-state index is 5.04. The lowest BCUT2D eigenvalue weighted by atomic mass is 10.1. The van der Waals surface area contributed by atoms with Crippen molar-refractivity contribution in [2.45, 2.75) is 0 Å². The van der Waals surface area contributed by atoms with E-state index in [9.17, 15) is 0 Å². The van der Waals surface area contributed by atoms with E-state index in [2.05, 4.69) is 142 Å². The second kappa shape index (κ2) is 9.79. The quantitative estimate of drug-likeness (QED) is 0.214. The predicted molar refractivity (Wildman–Crippen MR) is 182 cm³/mol. The van der Waals surface area contributed by atoms with Crippen molar-refractivity contribution in [2.24, 2.45) is 0 Å². The topological polar surface area (TPSA) is 35.6 Å². The monoisotopic (exact) mass is 562 g/mol. The summed E-state index contributed by atoms with van der Waals surface area (Å²) in [5.74, 6) is 0. The SMILES string of the molecule is c1ccc(-n2c3ccccc3c3ccc4c5ccccc5n(-c5cccc(-c6cccc(-c7cccnc7)n6)c5)c4c32)cc1. The molecule has 9 rings (SSSR count). The molecule has 0 saturated carbocycles. The molecule has 0 spiro atoms. The highest BCUT2D eigenvalue weighted by atomic mass is 15.0. The number of pyridine rings is 2. The lowest BCUT2D eigenvalue weighted by Gasteiger charge is -2.13. The first-order chi connectivity index (χ1) is 21.8. The number of para-hydroxylation sites is 3. The number of aromatic nitrogens is 4. The Morgan fingerprint density at radius 2 is 0.977 bits per heavy atom. The Kier molecular flexibility index (Phi) is 5.47.